The number of hydrogen-bond acceptors (Lipinski definition) is 2. The van der Waals surface area contributed by atoms with Gasteiger partial charge in [-0.2, -0.15) is 0 Å². The second-order valence-electron chi connectivity index (χ2n) is 3.70. The molecule has 1 aromatic carbocycles. The Labute approximate surface area is 84.5 Å². The average Bonchev–Trinajstić information content (AvgIpc) is 2.19. The number of rotatable bonds is 3. The van der Waals surface area contributed by atoms with Crippen molar-refractivity contribution in [2.45, 2.75) is 19.3 Å². The lowest BCUT2D eigenvalue weighted by atomic mass is 9.84. The van der Waals surface area contributed by atoms with Gasteiger partial charge in [0.25, 0.3) is 0 Å². The number of hydrogen-bond donors (Lipinski definition) is 2. The van der Waals surface area contributed by atoms with Gasteiger partial charge >= 0.3 is 0 Å². The Morgan fingerprint density at radius 2 is 1.79 bits per heavy atom. The maximum atomic E-state index is 11.7. The van der Waals surface area contributed by atoms with Crippen LogP contribution < -0.4 is 10.9 Å². The monoisotopic (exact) mass is 192 g/mol. The van der Waals surface area contributed by atoms with Crippen molar-refractivity contribution in [3.05, 3.63) is 35.9 Å². The number of carbonyl (C=O) groups excluding carboxylic acids is 1. The highest BCUT2D eigenvalue weighted by atomic mass is 16.2. The summed E-state index contributed by atoms with van der Waals surface area (Å²) in [6, 6.07) is 9.72. The zero-order valence-electron chi connectivity index (χ0n) is 8.79. The van der Waals surface area contributed by atoms with Gasteiger partial charge in [0.15, 0.2) is 0 Å². The molecule has 0 aromatic heterocycles. The van der Waals surface area contributed by atoms with Crippen LogP contribution in [0, 0.1) is 0 Å². The lowest BCUT2D eigenvalue weighted by Gasteiger charge is -2.23. The first-order chi connectivity index (χ1) is 6.59. The minimum absolute atomic E-state index is 0.0359. The molecular formula is C11H16N2O. The summed E-state index contributed by atoms with van der Waals surface area (Å²) >= 11 is 0. The van der Waals surface area contributed by atoms with E-state index in [9.17, 15) is 4.79 Å². The molecule has 2 N–H and O–H groups in total. The second kappa shape index (κ2) is 4.24. The molecule has 0 bridgehead atoms. The highest BCUT2D eigenvalue weighted by molar-refractivity contribution is 5.86. The standard InChI is InChI=1S/C11H16N2O/c1-11(2,10(14)13-12-3)9-7-5-4-6-8-9/h4-8,12H,1-3H3,(H,13,14). The van der Waals surface area contributed by atoms with Crippen molar-refractivity contribution in [3.8, 4) is 0 Å². The molecule has 0 spiro atoms. The van der Waals surface area contributed by atoms with Crippen LogP contribution in [-0.2, 0) is 10.2 Å². The summed E-state index contributed by atoms with van der Waals surface area (Å²) < 4.78 is 0. The van der Waals surface area contributed by atoms with Gasteiger partial charge in [-0.05, 0) is 19.4 Å². The van der Waals surface area contributed by atoms with Crippen molar-refractivity contribution in [2.75, 3.05) is 7.05 Å². The summed E-state index contributed by atoms with van der Waals surface area (Å²) in [5.41, 5.74) is 5.74. The van der Waals surface area contributed by atoms with Gasteiger partial charge in [0.1, 0.15) is 0 Å². The summed E-state index contributed by atoms with van der Waals surface area (Å²) in [6.45, 7) is 3.80. The van der Waals surface area contributed by atoms with E-state index in [1.54, 1.807) is 7.05 Å². The van der Waals surface area contributed by atoms with E-state index in [0.717, 1.165) is 5.56 Å². The Balaban J connectivity index is 2.90. The highest BCUT2D eigenvalue weighted by Crippen LogP contribution is 2.22. The van der Waals surface area contributed by atoms with Crippen LogP contribution in [0.5, 0.6) is 0 Å². The molecule has 0 aliphatic rings. The Morgan fingerprint density at radius 1 is 1.21 bits per heavy atom. The lowest BCUT2D eigenvalue weighted by Crippen LogP contribution is -2.45. The van der Waals surface area contributed by atoms with Crippen molar-refractivity contribution in [2.24, 2.45) is 0 Å². The normalized spacial score (nSPS) is 11.1. The van der Waals surface area contributed by atoms with Crippen LogP contribution in [0.15, 0.2) is 30.3 Å². The predicted octanol–water partition coefficient (Wildman–Crippen LogP) is 1.21. The summed E-state index contributed by atoms with van der Waals surface area (Å²) in [5, 5.41) is 0. The zero-order chi connectivity index (χ0) is 10.6. The third-order valence-corrected chi connectivity index (χ3v) is 2.30. The summed E-state index contributed by atoms with van der Waals surface area (Å²) in [4.78, 5) is 11.7. The Kier molecular flexibility index (Phi) is 3.25. The molecule has 3 nitrogen and oxygen atoms in total. The number of nitrogens with one attached hydrogen (secondary N) is 2. The maximum absolute atomic E-state index is 11.7. The van der Waals surface area contributed by atoms with Gasteiger partial charge < -0.3 is 0 Å². The van der Waals surface area contributed by atoms with Crippen molar-refractivity contribution < 1.29 is 4.79 Å². The first-order valence-corrected chi connectivity index (χ1v) is 4.61. The molecule has 3 heteroatoms. The minimum atomic E-state index is -0.510. The molecule has 14 heavy (non-hydrogen) atoms. The van der Waals surface area contributed by atoms with Crippen molar-refractivity contribution in [1.29, 1.82) is 0 Å². The van der Waals surface area contributed by atoms with Gasteiger partial charge in [0, 0.05) is 7.05 Å². The average molecular weight is 192 g/mol. The first kappa shape index (κ1) is 10.7. The number of carbonyl (C=O) groups is 1. The van der Waals surface area contributed by atoms with Crippen LogP contribution in [0.25, 0.3) is 0 Å². The van der Waals surface area contributed by atoms with Gasteiger partial charge in [-0.1, -0.05) is 30.3 Å². The molecule has 0 aliphatic heterocycles. The van der Waals surface area contributed by atoms with Gasteiger partial charge in [0.05, 0.1) is 5.41 Å². The van der Waals surface area contributed by atoms with E-state index < -0.39 is 5.41 Å². The van der Waals surface area contributed by atoms with Crippen molar-refractivity contribution in [3.63, 3.8) is 0 Å². The molecule has 76 valence electrons. The van der Waals surface area contributed by atoms with Crippen molar-refractivity contribution >= 4 is 5.91 Å². The van der Waals surface area contributed by atoms with E-state index >= 15 is 0 Å². The third kappa shape index (κ3) is 2.12. The van der Waals surface area contributed by atoms with E-state index in [0.29, 0.717) is 0 Å². The van der Waals surface area contributed by atoms with Crippen LogP contribution >= 0.6 is 0 Å². The number of hydrazine groups is 1. The van der Waals surface area contributed by atoms with E-state index in [1.807, 2.05) is 44.2 Å². The SMILES string of the molecule is CNNC(=O)C(C)(C)c1ccccc1. The van der Waals surface area contributed by atoms with Gasteiger partial charge in [-0.25, -0.2) is 5.43 Å². The topological polar surface area (TPSA) is 41.1 Å². The summed E-state index contributed by atoms with van der Waals surface area (Å²) in [6.07, 6.45) is 0. The summed E-state index contributed by atoms with van der Waals surface area (Å²) in [5.74, 6) is -0.0359. The lowest BCUT2D eigenvalue weighted by molar-refractivity contribution is -0.126. The zero-order valence-corrected chi connectivity index (χ0v) is 8.79. The molecule has 1 rings (SSSR count). The van der Waals surface area contributed by atoms with Crippen LogP contribution in [-0.4, -0.2) is 13.0 Å². The molecule has 0 unspecified atom stereocenters. The molecular weight excluding hydrogens is 176 g/mol. The van der Waals surface area contributed by atoms with Gasteiger partial charge in [0.2, 0.25) is 5.91 Å². The highest BCUT2D eigenvalue weighted by Gasteiger charge is 2.28. The van der Waals surface area contributed by atoms with Crippen molar-refractivity contribution in [1.82, 2.24) is 10.9 Å². The summed E-state index contributed by atoms with van der Waals surface area (Å²) in [7, 11) is 1.68. The van der Waals surface area contributed by atoms with Gasteiger partial charge in [-0.15, -0.1) is 0 Å². The molecule has 0 saturated heterocycles. The molecule has 0 aliphatic carbocycles. The van der Waals surface area contributed by atoms with Gasteiger partial charge in [-0.3, -0.25) is 10.2 Å². The van der Waals surface area contributed by atoms with E-state index in [4.69, 9.17) is 0 Å². The maximum Gasteiger partial charge on any atom is 0.244 e. The fourth-order valence-electron chi connectivity index (χ4n) is 1.26. The molecule has 0 heterocycles. The number of amides is 1. The number of benzene rings is 1. The van der Waals surface area contributed by atoms with Crippen LogP contribution in [0.2, 0.25) is 0 Å². The first-order valence-electron chi connectivity index (χ1n) is 4.61. The van der Waals surface area contributed by atoms with E-state index in [2.05, 4.69) is 10.9 Å². The second-order valence-corrected chi connectivity index (χ2v) is 3.70. The van der Waals surface area contributed by atoms with Crippen LogP contribution in [0.3, 0.4) is 0 Å². The molecule has 0 saturated carbocycles. The molecule has 0 radical (unpaired) electrons. The van der Waals surface area contributed by atoms with Crippen LogP contribution in [0.1, 0.15) is 19.4 Å². The smallest absolute Gasteiger partial charge is 0.244 e. The quantitative estimate of drug-likeness (QED) is 0.707. The molecule has 1 aromatic rings. The van der Waals surface area contributed by atoms with E-state index in [1.165, 1.54) is 0 Å². The van der Waals surface area contributed by atoms with E-state index in [-0.39, 0.29) is 5.91 Å². The minimum Gasteiger partial charge on any atom is -0.291 e. The largest absolute Gasteiger partial charge is 0.291 e. The molecule has 0 atom stereocenters. The fourth-order valence-corrected chi connectivity index (χ4v) is 1.26. The predicted molar refractivity (Wildman–Crippen MR) is 56.7 cm³/mol. The Bertz CT molecular complexity index is 306. The van der Waals surface area contributed by atoms with Crippen LogP contribution in [0.4, 0.5) is 0 Å². The Morgan fingerprint density at radius 3 is 2.29 bits per heavy atom. The fraction of sp³-hybridized carbons (Fsp3) is 0.364. The third-order valence-electron chi connectivity index (χ3n) is 2.30. The Hall–Kier alpha value is -1.35. The molecule has 1 amide bonds. The molecule has 0 fully saturated rings.